The topological polar surface area (TPSA) is 46.9 Å². The number of aryl methyl sites for hydroxylation is 1. The van der Waals surface area contributed by atoms with Gasteiger partial charge in [0, 0.05) is 12.5 Å². The zero-order valence-corrected chi connectivity index (χ0v) is 15.2. The first kappa shape index (κ1) is 17.0. The Kier molecular flexibility index (Phi) is 4.68. The molecular weight excluding hydrogens is 322 g/mol. The lowest BCUT2D eigenvalue weighted by molar-refractivity contribution is 0.338. The van der Waals surface area contributed by atoms with Crippen molar-refractivity contribution in [3.8, 4) is 0 Å². The van der Waals surface area contributed by atoms with E-state index in [1.807, 2.05) is 20.8 Å². The second kappa shape index (κ2) is 6.60. The normalized spacial score (nSPS) is 17.4. The number of hydrogen-bond acceptors (Lipinski definition) is 3. The van der Waals surface area contributed by atoms with E-state index in [0.717, 1.165) is 19.4 Å². The Labute approximate surface area is 147 Å². The number of fused-ring (bicyclic) bond motifs is 1. The van der Waals surface area contributed by atoms with E-state index in [1.54, 1.807) is 6.20 Å². The minimum atomic E-state index is -0.387. The molecular formula is C19H24ClN3O. The van der Waals surface area contributed by atoms with Crippen LogP contribution in [-0.4, -0.2) is 16.3 Å². The van der Waals surface area contributed by atoms with Crippen molar-refractivity contribution < 1.29 is 0 Å². The van der Waals surface area contributed by atoms with Crippen LogP contribution in [0.3, 0.4) is 0 Å². The van der Waals surface area contributed by atoms with Crippen molar-refractivity contribution in [3.63, 3.8) is 0 Å². The lowest BCUT2D eigenvalue weighted by Gasteiger charge is -2.26. The van der Waals surface area contributed by atoms with Crippen LogP contribution in [0, 0.1) is 0 Å². The van der Waals surface area contributed by atoms with Crippen LogP contribution in [0.2, 0.25) is 5.02 Å². The number of rotatable bonds is 3. The second-order valence-electron chi connectivity index (χ2n) is 7.43. The van der Waals surface area contributed by atoms with Gasteiger partial charge in [-0.15, -0.1) is 0 Å². The van der Waals surface area contributed by atoms with Crippen molar-refractivity contribution >= 4 is 17.3 Å². The van der Waals surface area contributed by atoms with Crippen LogP contribution in [0.15, 0.2) is 35.3 Å². The number of halogens is 1. The van der Waals surface area contributed by atoms with Crippen LogP contribution in [0.1, 0.15) is 50.7 Å². The molecule has 1 N–H and O–H groups in total. The summed E-state index contributed by atoms with van der Waals surface area (Å²) in [5.41, 5.74) is 2.82. The summed E-state index contributed by atoms with van der Waals surface area (Å²) in [6.45, 7) is 6.56. The molecule has 0 saturated carbocycles. The van der Waals surface area contributed by atoms with E-state index in [4.69, 9.17) is 11.6 Å². The molecule has 0 spiro atoms. The second-order valence-corrected chi connectivity index (χ2v) is 7.81. The number of nitrogens with zero attached hydrogens (tertiary/aromatic N) is 2. The van der Waals surface area contributed by atoms with Gasteiger partial charge in [0.25, 0.3) is 5.56 Å². The molecule has 24 heavy (non-hydrogen) atoms. The molecule has 0 aliphatic heterocycles. The fourth-order valence-corrected chi connectivity index (χ4v) is 3.53. The molecule has 0 radical (unpaired) electrons. The lowest BCUT2D eigenvalue weighted by Crippen LogP contribution is -2.36. The Morgan fingerprint density at radius 3 is 2.83 bits per heavy atom. The first-order chi connectivity index (χ1) is 11.4. The molecule has 1 heterocycles. The van der Waals surface area contributed by atoms with E-state index in [1.165, 1.54) is 22.2 Å². The minimum Gasteiger partial charge on any atom is -0.382 e. The zero-order chi connectivity index (χ0) is 17.3. The van der Waals surface area contributed by atoms with Gasteiger partial charge in [0.1, 0.15) is 5.02 Å². The van der Waals surface area contributed by atoms with Gasteiger partial charge in [-0.05, 0) is 51.2 Å². The van der Waals surface area contributed by atoms with E-state index in [-0.39, 0.29) is 16.1 Å². The van der Waals surface area contributed by atoms with Crippen LogP contribution in [0.5, 0.6) is 0 Å². The van der Waals surface area contributed by atoms with Crippen molar-refractivity contribution in [2.24, 2.45) is 0 Å². The predicted molar refractivity (Wildman–Crippen MR) is 99.1 cm³/mol. The Morgan fingerprint density at radius 2 is 2.08 bits per heavy atom. The van der Waals surface area contributed by atoms with E-state index in [9.17, 15) is 4.79 Å². The van der Waals surface area contributed by atoms with Gasteiger partial charge >= 0.3 is 0 Å². The average Bonchev–Trinajstić information content (AvgIpc) is 2.55. The number of anilines is 1. The summed E-state index contributed by atoms with van der Waals surface area (Å²) in [7, 11) is 0. The Balaban J connectivity index is 1.79. The van der Waals surface area contributed by atoms with Crippen LogP contribution in [0.4, 0.5) is 5.69 Å². The van der Waals surface area contributed by atoms with Crippen molar-refractivity contribution in [1.82, 2.24) is 9.78 Å². The molecule has 0 amide bonds. The largest absolute Gasteiger partial charge is 0.382 e. The lowest BCUT2D eigenvalue weighted by atomic mass is 9.83. The predicted octanol–water partition coefficient (Wildman–Crippen LogP) is 4.18. The van der Waals surface area contributed by atoms with E-state index in [2.05, 4.69) is 34.7 Å². The van der Waals surface area contributed by atoms with Gasteiger partial charge in [-0.2, -0.15) is 5.10 Å². The maximum Gasteiger partial charge on any atom is 0.288 e. The van der Waals surface area contributed by atoms with Gasteiger partial charge in [0.2, 0.25) is 0 Å². The quantitative estimate of drug-likeness (QED) is 0.907. The molecule has 128 valence electrons. The summed E-state index contributed by atoms with van der Waals surface area (Å²) < 4.78 is 1.43. The third-order valence-corrected chi connectivity index (χ3v) is 4.95. The summed E-state index contributed by atoms with van der Waals surface area (Å²) in [6, 6.07) is 8.61. The fraction of sp³-hybridized carbons (Fsp3) is 0.474. The molecule has 1 atom stereocenters. The summed E-state index contributed by atoms with van der Waals surface area (Å²) in [4.78, 5) is 12.4. The standard InChI is InChI=1S/C19H24ClN3O/c1-19(2,3)23-18(24)17(20)16(12-22-23)21-11-14-9-6-8-13-7-4-5-10-15(13)14/h4-5,7,10,12,14,21H,6,8-9,11H2,1-3H3/t14-/m1/s1. The van der Waals surface area contributed by atoms with Crippen molar-refractivity contribution in [2.75, 3.05) is 11.9 Å². The smallest absolute Gasteiger partial charge is 0.288 e. The molecule has 5 heteroatoms. The molecule has 0 bridgehead atoms. The number of benzene rings is 1. The Morgan fingerprint density at radius 1 is 1.33 bits per heavy atom. The maximum atomic E-state index is 12.4. The minimum absolute atomic E-state index is 0.212. The van der Waals surface area contributed by atoms with Gasteiger partial charge in [0.05, 0.1) is 17.4 Å². The zero-order valence-electron chi connectivity index (χ0n) is 14.5. The highest BCUT2D eigenvalue weighted by Gasteiger charge is 2.22. The number of nitrogens with one attached hydrogen (secondary N) is 1. The fourth-order valence-electron chi connectivity index (χ4n) is 3.33. The van der Waals surface area contributed by atoms with Crippen LogP contribution in [-0.2, 0) is 12.0 Å². The molecule has 0 fully saturated rings. The van der Waals surface area contributed by atoms with Gasteiger partial charge in [0.15, 0.2) is 0 Å². The highest BCUT2D eigenvalue weighted by Crippen LogP contribution is 2.32. The van der Waals surface area contributed by atoms with Crippen molar-refractivity contribution in [2.45, 2.75) is 51.5 Å². The Bertz CT molecular complexity index is 792. The highest BCUT2D eigenvalue weighted by molar-refractivity contribution is 6.32. The average molecular weight is 346 g/mol. The van der Waals surface area contributed by atoms with Gasteiger partial charge in [-0.1, -0.05) is 35.9 Å². The summed E-state index contributed by atoms with van der Waals surface area (Å²) >= 11 is 6.29. The molecule has 0 saturated heterocycles. The summed E-state index contributed by atoms with van der Waals surface area (Å²) in [5, 5.41) is 7.82. The number of aromatic nitrogens is 2. The third-order valence-electron chi connectivity index (χ3n) is 4.59. The van der Waals surface area contributed by atoms with Gasteiger partial charge in [-0.3, -0.25) is 4.79 Å². The molecule has 1 aliphatic rings. The highest BCUT2D eigenvalue weighted by atomic mass is 35.5. The molecule has 1 aromatic heterocycles. The maximum absolute atomic E-state index is 12.4. The molecule has 2 aromatic rings. The number of hydrogen-bond donors (Lipinski definition) is 1. The third kappa shape index (κ3) is 3.34. The van der Waals surface area contributed by atoms with Crippen molar-refractivity contribution in [1.29, 1.82) is 0 Å². The van der Waals surface area contributed by atoms with Crippen molar-refractivity contribution in [3.05, 3.63) is 57.0 Å². The van der Waals surface area contributed by atoms with E-state index >= 15 is 0 Å². The molecule has 1 aromatic carbocycles. The summed E-state index contributed by atoms with van der Waals surface area (Å²) in [5.74, 6) is 0.441. The van der Waals surface area contributed by atoms with Gasteiger partial charge in [-0.25, -0.2) is 4.68 Å². The first-order valence-corrected chi connectivity index (χ1v) is 8.85. The van der Waals surface area contributed by atoms with Gasteiger partial charge < -0.3 is 5.32 Å². The van der Waals surface area contributed by atoms with Crippen LogP contribution in [0.25, 0.3) is 0 Å². The van der Waals surface area contributed by atoms with E-state index < -0.39 is 0 Å². The molecule has 4 nitrogen and oxygen atoms in total. The Hall–Kier alpha value is -1.81. The van der Waals surface area contributed by atoms with Crippen LogP contribution < -0.4 is 10.9 Å². The van der Waals surface area contributed by atoms with E-state index in [0.29, 0.717) is 11.6 Å². The molecule has 3 rings (SSSR count). The monoisotopic (exact) mass is 345 g/mol. The van der Waals surface area contributed by atoms with Crippen LogP contribution >= 0.6 is 11.6 Å². The molecule has 1 aliphatic carbocycles. The summed E-state index contributed by atoms with van der Waals surface area (Å²) in [6.07, 6.45) is 5.15. The SMILES string of the molecule is CC(C)(C)n1ncc(NC[C@H]2CCCc3ccccc32)c(Cl)c1=O. The first-order valence-electron chi connectivity index (χ1n) is 8.48. The molecule has 0 unspecified atom stereocenters.